The van der Waals surface area contributed by atoms with Gasteiger partial charge in [0.05, 0.1) is 19.1 Å². The molecule has 4 nitrogen and oxygen atoms in total. The number of aryl methyl sites for hydroxylation is 1. The standard InChI is InChI=1S/C20H23NO3/c1-4-23-18-9-7-14(12-19(18)24-5-2)11-16-15-10-13(3)6-8-17(15)21-20(16)22/h6-10,12,16H,4-5,11H2,1-3H3,(H,21,22). The van der Waals surface area contributed by atoms with Gasteiger partial charge in [0.15, 0.2) is 11.5 Å². The van der Waals surface area contributed by atoms with Crippen LogP contribution >= 0.6 is 0 Å². The van der Waals surface area contributed by atoms with Crippen LogP contribution in [-0.2, 0) is 11.2 Å². The SMILES string of the molecule is CCOc1ccc(CC2C(=O)Nc3ccc(C)cc32)cc1OCC. The van der Waals surface area contributed by atoms with Gasteiger partial charge in [0.1, 0.15) is 0 Å². The maximum absolute atomic E-state index is 12.4. The van der Waals surface area contributed by atoms with E-state index >= 15 is 0 Å². The van der Waals surface area contributed by atoms with E-state index in [1.165, 1.54) is 0 Å². The van der Waals surface area contributed by atoms with Crippen LogP contribution in [0, 0.1) is 6.92 Å². The third-order valence-electron chi connectivity index (χ3n) is 4.20. The van der Waals surface area contributed by atoms with Crippen molar-refractivity contribution in [2.24, 2.45) is 0 Å². The van der Waals surface area contributed by atoms with Crippen LogP contribution in [0.25, 0.3) is 0 Å². The number of fused-ring (bicyclic) bond motifs is 1. The molecular weight excluding hydrogens is 302 g/mol. The highest BCUT2D eigenvalue weighted by Gasteiger charge is 2.30. The van der Waals surface area contributed by atoms with E-state index < -0.39 is 0 Å². The molecule has 1 aliphatic rings. The average molecular weight is 325 g/mol. The Bertz CT molecular complexity index is 755. The van der Waals surface area contributed by atoms with Crippen molar-refractivity contribution in [3.63, 3.8) is 0 Å². The van der Waals surface area contributed by atoms with Gasteiger partial charge in [-0.3, -0.25) is 4.79 Å². The summed E-state index contributed by atoms with van der Waals surface area (Å²) in [5.41, 5.74) is 4.23. The molecule has 1 atom stereocenters. The van der Waals surface area contributed by atoms with Crippen molar-refractivity contribution in [1.29, 1.82) is 0 Å². The van der Waals surface area contributed by atoms with Crippen molar-refractivity contribution in [2.75, 3.05) is 18.5 Å². The fourth-order valence-corrected chi connectivity index (χ4v) is 3.11. The number of anilines is 1. The fraction of sp³-hybridized carbons (Fsp3) is 0.350. The van der Waals surface area contributed by atoms with Crippen LogP contribution in [-0.4, -0.2) is 19.1 Å². The largest absolute Gasteiger partial charge is 0.490 e. The summed E-state index contributed by atoms with van der Waals surface area (Å²) in [6.07, 6.45) is 0.648. The molecule has 2 aromatic carbocycles. The summed E-state index contributed by atoms with van der Waals surface area (Å²) < 4.78 is 11.3. The molecule has 126 valence electrons. The Kier molecular flexibility index (Phi) is 4.74. The van der Waals surface area contributed by atoms with Gasteiger partial charge >= 0.3 is 0 Å². The molecule has 0 radical (unpaired) electrons. The number of hydrogen-bond donors (Lipinski definition) is 1. The van der Waals surface area contributed by atoms with Gasteiger partial charge in [-0.25, -0.2) is 0 Å². The third-order valence-corrected chi connectivity index (χ3v) is 4.20. The minimum absolute atomic E-state index is 0.0578. The Balaban J connectivity index is 1.87. The predicted molar refractivity (Wildman–Crippen MR) is 95.0 cm³/mol. The van der Waals surface area contributed by atoms with Crippen molar-refractivity contribution in [1.82, 2.24) is 0 Å². The smallest absolute Gasteiger partial charge is 0.232 e. The summed E-state index contributed by atoms with van der Waals surface area (Å²) in [6.45, 7) is 7.12. The quantitative estimate of drug-likeness (QED) is 0.871. The van der Waals surface area contributed by atoms with Gasteiger partial charge in [-0.15, -0.1) is 0 Å². The molecule has 0 aliphatic carbocycles. The topological polar surface area (TPSA) is 47.6 Å². The molecule has 24 heavy (non-hydrogen) atoms. The first kappa shape index (κ1) is 16.4. The van der Waals surface area contributed by atoms with Crippen LogP contribution < -0.4 is 14.8 Å². The lowest BCUT2D eigenvalue weighted by atomic mass is 9.92. The molecule has 1 amide bonds. The molecule has 1 unspecified atom stereocenters. The number of carbonyl (C=O) groups is 1. The highest BCUT2D eigenvalue weighted by Crippen LogP contribution is 2.37. The first-order chi connectivity index (χ1) is 11.6. The van der Waals surface area contributed by atoms with Crippen molar-refractivity contribution in [3.8, 4) is 11.5 Å². The maximum Gasteiger partial charge on any atom is 0.232 e. The minimum Gasteiger partial charge on any atom is -0.490 e. The molecule has 0 bridgehead atoms. The monoisotopic (exact) mass is 325 g/mol. The van der Waals surface area contributed by atoms with Gasteiger partial charge < -0.3 is 14.8 Å². The summed E-state index contributed by atoms with van der Waals surface area (Å²) in [7, 11) is 0. The van der Waals surface area contributed by atoms with E-state index in [0.29, 0.717) is 19.6 Å². The van der Waals surface area contributed by atoms with E-state index in [1.54, 1.807) is 0 Å². The second kappa shape index (κ2) is 6.95. The second-order valence-corrected chi connectivity index (χ2v) is 5.98. The van der Waals surface area contributed by atoms with Crippen LogP contribution in [0.2, 0.25) is 0 Å². The first-order valence-electron chi connectivity index (χ1n) is 8.42. The van der Waals surface area contributed by atoms with Crippen LogP contribution in [0.5, 0.6) is 11.5 Å². The number of nitrogens with one attached hydrogen (secondary N) is 1. The summed E-state index contributed by atoms with van der Waals surface area (Å²) in [5.74, 6) is 1.38. The van der Waals surface area contributed by atoms with E-state index in [9.17, 15) is 4.79 Å². The van der Waals surface area contributed by atoms with Gasteiger partial charge in [-0.2, -0.15) is 0 Å². The van der Waals surface area contributed by atoms with E-state index in [4.69, 9.17) is 9.47 Å². The highest BCUT2D eigenvalue weighted by molar-refractivity contribution is 6.03. The van der Waals surface area contributed by atoms with Gasteiger partial charge in [0.2, 0.25) is 5.91 Å². The van der Waals surface area contributed by atoms with Crippen molar-refractivity contribution < 1.29 is 14.3 Å². The Hall–Kier alpha value is -2.49. The second-order valence-electron chi connectivity index (χ2n) is 5.98. The lowest BCUT2D eigenvalue weighted by Crippen LogP contribution is -2.14. The van der Waals surface area contributed by atoms with E-state index in [0.717, 1.165) is 33.9 Å². The van der Waals surface area contributed by atoms with E-state index in [1.807, 2.05) is 51.1 Å². The third kappa shape index (κ3) is 3.23. The van der Waals surface area contributed by atoms with Crippen LogP contribution in [0.4, 0.5) is 5.69 Å². The molecule has 0 aromatic heterocycles. The number of hydrogen-bond acceptors (Lipinski definition) is 3. The lowest BCUT2D eigenvalue weighted by Gasteiger charge is -2.14. The number of carbonyl (C=O) groups excluding carboxylic acids is 1. The molecule has 0 saturated heterocycles. The van der Waals surface area contributed by atoms with Crippen molar-refractivity contribution in [2.45, 2.75) is 33.1 Å². The molecule has 1 heterocycles. The highest BCUT2D eigenvalue weighted by atomic mass is 16.5. The Labute approximate surface area is 142 Å². The van der Waals surface area contributed by atoms with Crippen LogP contribution in [0.1, 0.15) is 36.5 Å². The van der Waals surface area contributed by atoms with Gasteiger partial charge in [0, 0.05) is 5.69 Å². The first-order valence-corrected chi connectivity index (χ1v) is 8.42. The summed E-state index contributed by atoms with van der Waals surface area (Å²) in [5, 5.41) is 2.97. The average Bonchev–Trinajstić information content (AvgIpc) is 2.86. The molecule has 0 spiro atoms. The zero-order valence-corrected chi connectivity index (χ0v) is 14.4. The summed E-state index contributed by atoms with van der Waals surface area (Å²) >= 11 is 0. The van der Waals surface area contributed by atoms with Crippen LogP contribution in [0.15, 0.2) is 36.4 Å². The maximum atomic E-state index is 12.4. The van der Waals surface area contributed by atoms with E-state index in [-0.39, 0.29) is 11.8 Å². The molecule has 2 aromatic rings. The molecule has 1 N–H and O–H groups in total. The zero-order valence-electron chi connectivity index (χ0n) is 14.4. The van der Waals surface area contributed by atoms with Gasteiger partial charge in [0.25, 0.3) is 0 Å². The molecular formula is C20H23NO3. The number of benzene rings is 2. The summed E-state index contributed by atoms with van der Waals surface area (Å²) in [6, 6.07) is 12.0. The Morgan fingerprint density at radius 3 is 2.50 bits per heavy atom. The summed E-state index contributed by atoms with van der Waals surface area (Å²) in [4.78, 5) is 12.4. The Morgan fingerprint density at radius 2 is 1.75 bits per heavy atom. The molecule has 4 heteroatoms. The molecule has 1 aliphatic heterocycles. The fourth-order valence-electron chi connectivity index (χ4n) is 3.11. The van der Waals surface area contributed by atoms with Crippen molar-refractivity contribution in [3.05, 3.63) is 53.1 Å². The molecule has 0 saturated carbocycles. The number of amides is 1. The number of ether oxygens (including phenoxy) is 2. The normalized spacial score (nSPS) is 15.8. The van der Waals surface area contributed by atoms with Crippen molar-refractivity contribution >= 4 is 11.6 Å². The lowest BCUT2D eigenvalue weighted by molar-refractivity contribution is -0.117. The minimum atomic E-state index is -0.160. The Morgan fingerprint density at radius 1 is 1.00 bits per heavy atom. The van der Waals surface area contributed by atoms with Gasteiger partial charge in [-0.05, 0) is 56.5 Å². The van der Waals surface area contributed by atoms with Gasteiger partial charge in [-0.1, -0.05) is 23.8 Å². The predicted octanol–water partition coefficient (Wildman–Crippen LogP) is 4.07. The van der Waals surface area contributed by atoms with Crippen LogP contribution in [0.3, 0.4) is 0 Å². The molecule has 0 fully saturated rings. The zero-order chi connectivity index (χ0) is 17.1. The van der Waals surface area contributed by atoms with E-state index in [2.05, 4.69) is 11.4 Å². The molecule has 3 rings (SSSR count). The number of rotatable bonds is 6.